The number of methoxy groups -OCH3 is 1. The molecule has 1 aromatic carbocycles. The van der Waals surface area contributed by atoms with Crippen molar-refractivity contribution in [1.29, 1.82) is 0 Å². The monoisotopic (exact) mass is 514 g/mol. The molecule has 1 fully saturated rings. The predicted octanol–water partition coefficient (Wildman–Crippen LogP) is 6.40. The van der Waals surface area contributed by atoms with Crippen LogP contribution in [0.15, 0.2) is 41.4 Å². The van der Waals surface area contributed by atoms with E-state index < -0.39 is 10.0 Å². The fraction of sp³-hybridized carbons (Fsp3) is 0.462. The van der Waals surface area contributed by atoms with Gasteiger partial charge >= 0.3 is 0 Å². The summed E-state index contributed by atoms with van der Waals surface area (Å²) in [6.45, 7) is 8.27. The standard InChI is InChI=1S/C26H34N4O3S2/c1-17-10-9-15-27-24(17)30-35(31,32)22-16-19(13-14-21(22)33-5)23-18(2)28-25(34-23)29-26(3,4)20-11-7-6-8-12-20/h9-10,13-16,20H,6-8,11-12H2,1-5H3,(H,27,30)(H,28,29). The van der Waals surface area contributed by atoms with Crippen LogP contribution < -0.4 is 14.8 Å². The summed E-state index contributed by atoms with van der Waals surface area (Å²) in [5.74, 6) is 1.18. The second-order valence-corrected chi connectivity index (χ2v) is 12.4. The Labute approximate surface area is 212 Å². The van der Waals surface area contributed by atoms with Crippen molar-refractivity contribution in [2.24, 2.45) is 5.92 Å². The van der Waals surface area contributed by atoms with Crippen LogP contribution in [0.3, 0.4) is 0 Å². The lowest BCUT2D eigenvalue weighted by molar-refractivity contribution is 0.258. The average molecular weight is 515 g/mol. The Balaban J connectivity index is 1.64. The number of rotatable bonds is 8. The lowest BCUT2D eigenvalue weighted by atomic mass is 9.77. The summed E-state index contributed by atoms with van der Waals surface area (Å²) in [6, 6.07) is 8.79. The van der Waals surface area contributed by atoms with Gasteiger partial charge in [-0.15, -0.1) is 0 Å². The molecule has 0 spiro atoms. The number of pyridine rings is 1. The van der Waals surface area contributed by atoms with Gasteiger partial charge in [-0.2, -0.15) is 0 Å². The van der Waals surface area contributed by atoms with Gasteiger partial charge in [0.15, 0.2) is 5.13 Å². The molecule has 3 aromatic rings. The highest BCUT2D eigenvalue weighted by atomic mass is 32.2. The molecular weight excluding hydrogens is 480 g/mol. The highest BCUT2D eigenvalue weighted by Crippen LogP contribution is 2.40. The molecule has 2 aromatic heterocycles. The van der Waals surface area contributed by atoms with Crippen molar-refractivity contribution in [2.45, 2.75) is 70.2 Å². The van der Waals surface area contributed by atoms with Crippen molar-refractivity contribution in [3.05, 3.63) is 47.8 Å². The minimum Gasteiger partial charge on any atom is -0.495 e. The third-order valence-electron chi connectivity index (χ3n) is 6.81. The van der Waals surface area contributed by atoms with Crippen molar-refractivity contribution in [2.75, 3.05) is 17.1 Å². The molecule has 35 heavy (non-hydrogen) atoms. The SMILES string of the molecule is COc1ccc(-c2sc(NC(C)(C)C3CCCCC3)nc2C)cc1S(=O)(=O)Nc1ncccc1C. The van der Waals surface area contributed by atoms with Gasteiger partial charge in [-0.1, -0.05) is 36.7 Å². The molecule has 0 bridgehead atoms. The Bertz CT molecular complexity index is 1300. The zero-order valence-electron chi connectivity index (χ0n) is 21.0. The van der Waals surface area contributed by atoms with Crippen molar-refractivity contribution in [1.82, 2.24) is 9.97 Å². The first-order valence-corrected chi connectivity index (χ1v) is 14.3. The third-order valence-corrected chi connectivity index (χ3v) is 9.29. The summed E-state index contributed by atoms with van der Waals surface area (Å²) in [4.78, 5) is 9.94. The van der Waals surface area contributed by atoms with Crippen LogP contribution in [0.1, 0.15) is 57.2 Å². The molecular formula is C26H34N4O3S2. The first-order chi connectivity index (χ1) is 16.6. The van der Waals surface area contributed by atoms with E-state index in [1.165, 1.54) is 39.2 Å². The molecule has 0 unspecified atom stereocenters. The van der Waals surface area contributed by atoms with E-state index in [1.807, 2.05) is 26.0 Å². The molecule has 1 saturated carbocycles. The molecule has 0 atom stereocenters. The molecule has 0 aliphatic heterocycles. The molecule has 1 aliphatic carbocycles. The number of sulfonamides is 1. The zero-order valence-corrected chi connectivity index (χ0v) is 22.6. The summed E-state index contributed by atoms with van der Waals surface area (Å²) in [5, 5.41) is 4.53. The number of ether oxygens (including phenoxy) is 1. The van der Waals surface area contributed by atoms with E-state index >= 15 is 0 Å². The predicted molar refractivity (Wildman–Crippen MR) is 143 cm³/mol. The number of nitrogens with one attached hydrogen (secondary N) is 2. The number of nitrogens with zero attached hydrogens (tertiary/aromatic N) is 2. The second-order valence-electron chi connectivity index (χ2n) is 9.76. The number of benzene rings is 1. The number of aromatic nitrogens is 2. The molecule has 1 aliphatic rings. The Morgan fingerprint density at radius 2 is 1.86 bits per heavy atom. The molecule has 2 N–H and O–H groups in total. The summed E-state index contributed by atoms with van der Waals surface area (Å²) in [6.07, 6.45) is 7.92. The van der Waals surface area contributed by atoms with Crippen LogP contribution in [0.25, 0.3) is 10.4 Å². The summed E-state index contributed by atoms with van der Waals surface area (Å²) in [5.41, 5.74) is 2.32. The van der Waals surface area contributed by atoms with E-state index in [0.29, 0.717) is 11.7 Å². The zero-order chi connectivity index (χ0) is 25.2. The maximum atomic E-state index is 13.3. The first-order valence-electron chi connectivity index (χ1n) is 12.0. The fourth-order valence-electron chi connectivity index (χ4n) is 4.72. The molecule has 0 radical (unpaired) electrons. The lowest BCUT2D eigenvalue weighted by Gasteiger charge is -2.37. The number of thiazole rings is 1. The molecule has 7 nitrogen and oxygen atoms in total. The molecule has 0 amide bonds. The summed E-state index contributed by atoms with van der Waals surface area (Å²) in [7, 11) is -2.46. The number of hydrogen-bond donors (Lipinski definition) is 2. The molecule has 2 heterocycles. The number of hydrogen-bond acceptors (Lipinski definition) is 7. The van der Waals surface area contributed by atoms with Crippen molar-refractivity contribution in [3.8, 4) is 16.2 Å². The minimum atomic E-state index is -3.93. The third kappa shape index (κ3) is 5.62. The average Bonchev–Trinajstić information content (AvgIpc) is 3.19. The lowest BCUT2D eigenvalue weighted by Crippen LogP contribution is -2.40. The Hall–Kier alpha value is -2.65. The highest BCUT2D eigenvalue weighted by molar-refractivity contribution is 7.92. The van der Waals surface area contributed by atoms with Crippen LogP contribution in [0.4, 0.5) is 10.9 Å². The Morgan fingerprint density at radius 3 is 2.54 bits per heavy atom. The van der Waals surface area contributed by atoms with Gasteiger partial charge in [-0.3, -0.25) is 4.72 Å². The summed E-state index contributed by atoms with van der Waals surface area (Å²) < 4.78 is 34.6. The minimum absolute atomic E-state index is 0.0547. The van der Waals surface area contributed by atoms with Crippen molar-refractivity contribution in [3.63, 3.8) is 0 Å². The molecule has 4 rings (SSSR count). The van der Waals surface area contributed by atoms with Gasteiger partial charge in [0.1, 0.15) is 16.5 Å². The number of anilines is 2. The van der Waals surface area contributed by atoms with Crippen LogP contribution in [0, 0.1) is 19.8 Å². The quantitative estimate of drug-likeness (QED) is 0.361. The Morgan fingerprint density at radius 1 is 1.11 bits per heavy atom. The van der Waals surface area contributed by atoms with E-state index in [-0.39, 0.29) is 16.2 Å². The Kier molecular flexibility index (Phi) is 7.38. The van der Waals surface area contributed by atoms with E-state index in [4.69, 9.17) is 9.72 Å². The van der Waals surface area contributed by atoms with Crippen LogP contribution >= 0.6 is 11.3 Å². The van der Waals surface area contributed by atoms with E-state index in [1.54, 1.807) is 35.7 Å². The molecule has 188 valence electrons. The van der Waals surface area contributed by atoms with Gasteiger partial charge < -0.3 is 10.1 Å². The van der Waals surface area contributed by atoms with Crippen LogP contribution in [0.5, 0.6) is 5.75 Å². The fourth-order valence-corrected chi connectivity index (χ4v) is 7.13. The van der Waals surface area contributed by atoms with Crippen molar-refractivity contribution >= 4 is 32.3 Å². The maximum Gasteiger partial charge on any atom is 0.266 e. The van der Waals surface area contributed by atoms with Gasteiger partial charge in [-0.25, -0.2) is 18.4 Å². The molecule has 0 saturated heterocycles. The second kappa shape index (κ2) is 10.1. The summed E-state index contributed by atoms with van der Waals surface area (Å²) >= 11 is 1.55. The van der Waals surface area contributed by atoms with Crippen LogP contribution in [-0.4, -0.2) is 31.0 Å². The van der Waals surface area contributed by atoms with E-state index in [2.05, 4.69) is 28.9 Å². The van der Waals surface area contributed by atoms with Crippen LogP contribution in [-0.2, 0) is 10.0 Å². The van der Waals surface area contributed by atoms with E-state index in [0.717, 1.165) is 26.8 Å². The largest absolute Gasteiger partial charge is 0.495 e. The molecule has 9 heteroatoms. The number of aryl methyl sites for hydroxylation is 2. The van der Waals surface area contributed by atoms with Gasteiger partial charge in [0.25, 0.3) is 10.0 Å². The maximum absolute atomic E-state index is 13.3. The van der Waals surface area contributed by atoms with Crippen molar-refractivity contribution < 1.29 is 13.2 Å². The van der Waals surface area contributed by atoms with Gasteiger partial charge in [0.05, 0.1) is 17.7 Å². The first kappa shape index (κ1) is 25.4. The van der Waals surface area contributed by atoms with Gasteiger partial charge in [0, 0.05) is 11.7 Å². The van der Waals surface area contributed by atoms with Crippen LogP contribution in [0.2, 0.25) is 0 Å². The smallest absolute Gasteiger partial charge is 0.266 e. The van der Waals surface area contributed by atoms with E-state index in [9.17, 15) is 8.42 Å². The normalized spacial score (nSPS) is 15.1. The van der Waals surface area contributed by atoms with Gasteiger partial charge in [0.2, 0.25) is 0 Å². The topological polar surface area (TPSA) is 93.2 Å². The van der Waals surface area contributed by atoms with Gasteiger partial charge in [-0.05, 0) is 81.8 Å². The highest BCUT2D eigenvalue weighted by Gasteiger charge is 2.31.